The summed E-state index contributed by atoms with van der Waals surface area (Å²) in [5.74, 6) is 0.144. The average molecular weight is 413 g/mol. The SMILES string of the molecule is C[C@H](C(=O)N1CC(=O)Nc2ccccc21)N1CCC(C(=O)N2CCCCCC2)CC1. The molecule has 0 aromatic heterocycles. The molecule has 3 amide bonds. The number of nitrogens with one attached hydrogen (secondary N) is 1. The molecule has 3 aliphatic heterocycles. The van der Waals surface area contributed by atoms with Crippen molar-refractivity contribution in [3.05, 3.63) is 24.3 Å². The van der Waals surface area contributed by atoms with Crippen LogP contribution >= 0.6 is 0 Å². The smallest absolute Gasteiger partial charge is 0.244 e. The Hall–Kier alpha value is -2.41. The second-order valence-electron chi connectivity index (χ2n) is 8.72. The highest BCUT2D eigenvalue weighted by molar-refractivity contribution is 6.11. The molecule has 1 aromatic carbocycles. The molecule has 7 nitrogen and oxygen atoms in total. The van der Waals surface area contributed by atoms with Gasteiger partial charge in [0.2, 0.25) is 17.7 Å². The van der Waals surface area contributed by atoms with Crippen LogP contribution in [0.5, 0.6) is 0 Å². The highest BCUT2D eigenvalue weighted by atomic mass is 16.2. The van der Waals surface area contributed by atoms with E-state index < -0.39 is 0 Å². The summed E-state index contributed by atoms with van der Waals surface area (Å²) < 4.78 is 0. The van der Waals surface area contributed by atoms with Gasteiger partial charge in [0.05, 0.1) is 17.4 Å². The Kier molecular flexibility index (Phi) is 6.37. The van der Waals surface area contributed by atoms with Crippen molar-refractivity contribution in [2.24, 2.45) is 5.92 Å². The van der Waals surface area contributed by atoms with Crippen LogP contribution in [0.15, 0.2) is 24.3 Å². The first-order chi connectivity index (χ1) is 14.5. The minimum Gasteiger partial charge on any atom is -0.342 e. The number of carbonyl (C=O) groups is 3. The maximum Gasteiger partial charge on any atom is 0.244 e. The summed E-state index contributed by atoms with van der Waals surface area (Å²) in [5.41, 5.74) is 1.43. The number of amides is 3. The Labute approximate surface area is 178 Å². The number of fused-ring (bicyclic) bond motifs is 1. The van der Waals surface area contributed by atoms with E-state index in [1.165, 1.54) is 12.8 Å². The minimum absolute atomic E-state index is 0.0457. The number of hydrogen-bond acceptors (Lipinski definition) is 4. The lowest BCUT2D eigenvalue weighted by atomic mass is 9.94. The number of para-hydroxylation sites is 2. The van der Waals surface area contributed by atoms with Crippen LogP contribution in [0.2, 0.25) is 0 Å². The molecule has 0 saturated carbocycles. The van der Waals surface area contributed by atoms with Crippen molar-refractivity contribution in [3.63, 3.8) is 0 Å². The first kappa shape index (κ1) is 20.8. The highest BCUT2D eigenvalue weighted by Crippen LogP contribution is 2.30. The van der Waals surface area contributed by atoms with E-state index in [-0.39, 0.29) is 30.3 Å². The fourth-order valence-electron chi connectivity index (χ4n) is 4.89. The number of anilines is 2. The number of nitrogens with zero attached hydrogens (tertiary/aromatic N) is 3. The van der Waals surface area contributed by atoms with Gasteiger partial charge in [0, 0.05) is 19.0 Å². The molecule has 0 unspecified atom stereocenters. The molecule has 0 aliphatic carbocycles. The van der Waals surface area contributed by atoms with E-state index in [0.717, 1.165) is 57.5 Å². The van der Waals surface area contributed by atoms with E-state index in [1.807, 2.05) is 31.2 Å². The van der Waals surface area contributed by atoms with Gasteiger partial charge < -0.3 is 10.2 Å². The van der Waals surface area contributed by atoms with Gasteiger partial charge in [0.25, 0.3) is 0 Å². The van der Waals surface area contributed by atoms with E-state index in [4.69, 9.17) is 0 Å². The molecule has 0 radical (unpaired) electrons. The highest BCUT2D eigenvalue weighted by Gasteiger charge is 2.35. The third-order valence-electron chi connectivity index (χ3n) is 6.74. The molecule has 4 rings (SSSR count). The summed E-state index contributed by atoms with van der Waals surface area (Å²) in [6.07, 6.45) is 6.26. The number of likely N-dealkylation sites (tertiary alicyclic amines) is 2. The fourth-order valence-corrected chi connectivity index (χ4v) is 4.89. The Balaban J connectivity index is 1.36. The number of rotatable bonds is 3. The zero-order chi connectivity index (χ0) is 21.1. The van der Waals surface area contributed by atoms with Gasteiger partial charge in [-0.3, -0.25) is 24.2 Å². The molecular formula is C23H32N4O3. The lowest BCUT2D eigenvalue weighted by molar-refractivity contribution is -0.137. The molecule has 0 spiro atoms. The van der Waals surface area contributed by atoms with Gasteiger partial charge in [-0.2, -0.15) is 0 Å². The summed E-state index contributed by atoms with van der Waals surface area (Å²) in [6, 6.07) is 7.09. The van der Waals surface area contributed by atoms with Crippen LogP contribution in [0.25, 0.3) is 0 Å². The summed E-state index contributed by atoms with van der Waals surface area (Å²) in [7, 11) is 0. The van der Waals surface area contributed by atoms with Gasteiger partial charge in [-0.05, 0) is 57.8 Å². The van der Waals surface area contributed by atoms with E-state index >= 15 is 0 Å². The molecule has 2 saturated heterocycles. The molecule has 1 atom stereocenters. The monoisotopic (exact) mass is 412 g/mol. The second kappa shape index (κ2) is 9.16. The van der Waals surface area contributed by atoms with Crippen molar-refractivity contribution in [3.8, 4) is 0 Å². The molecular weight excluding hydrogens is 380 g/mol. The maximum absolute atomic E-state index is 13.2. The maximum atomic E-state index is 13.2. The van der Waals surface area contributed by atoms with Gasteiger partial charge >= 0.3 is 0 Å². The molecule has 0 bridgehead atoms. The lowest BCUT2D eigenvalue weighted by Crippen LogP contribution is -2.53. The zero-order valence-electron chi connectivity index (χ0n) is 17.8. The van der Waals surface area contributed by atoms with Crippen molar-refractivity contribution in [1.82, 2.24) is 9.80 Å². The minimum atomic E-state index is -0.321. The Bertz CT molecular complexity index is 795. The van der Waals surface area contributed by atoms with E-state index in [2.05, 4.69) is 15.1 Å². The van der Waals surface area contributed by atoms with Crippen LogP contribution in [0.4, 0.5) is 11.4 Å². The van der Waals surface area contributed by atoms with Gasteiger partial charge in [-0.1, -0.05) is 25.0 Å². The van der Waals surface area contributed by atoms with Gasteiger partial charge in [-0.15, -0.1) is 0 Å². The Morgan fingerprint density at radius 3 is 2.37 bits per heavy atom. The van der Waals surface area contributed by atoms with Gasteiger partial charge in [-0.25, -0.2) is 0 Å². The molecule has 7 heteroatoms. The molecule has 2 fully saturated rings. The van der Waals surface area contributed by atoms with E-state index in [1.54, 1.807) is 4.90 Å². The van der Waals surface area contributed by atoms with E-state index in [0.29, 0.717) is 11.6 Å². The summed E-state index contributed by atoms with van der Waals surface area (Å²) in [4.78, 5) is 44.0. The predicted molar refractivity (Wildman–Crippen MR) is 116 cm³/mol. The number of carbonyl (C=O) groups excluding carboxylic acids is 3. The predicted octanol–water partition coefficient (Wildman–Crippen LogP) is 2.47. The number of piperidine rings is 1. The van der Waals surface area contributed by atoms with Crippen LogP contribution in [0, 0.1) is 5.92 Å². The normalized spacial score (nSPS) is 22.1. The number of benzene rings is 1. The summed E-state index contributed by atoms with van der Waals surface area (Å²) in [5, 5.41) is 2.83. The zero-order valence-corrected chi connectivity index (χ0v) is 17.8. The van der Waals surface area contributed by atoms with Gasteiger partial charge in [0.1, 0.15) is 6.54 Å². The Morgan fingerprint density at radius 2 is 1.67 bits per heavy atom. The summed E-state index contributed by atoms with van der Waals surface area (Å²) >= 11 is 0. The van der Waals surface area contributed by atoms with Crippen LogP contribution in [0.3, 0.4) is 0 Å². The standard InChI is InChI=1S/C23H32N4O3/c1-17(22(29)27-16-21(28)24-19-8-4-5-9-20(19)27)25-14-10-18(11-15-25)23(30)26-12-6-2-3-7-13-26/h4-5,8-9,17-18H,2-3,6-7,10-16H2,1H3,(H,24,28)/t17-/m1/s1. The van der Waals surface area contributed by atoms with Crippen LogP contribution in [-0.4, -0.2) is 66.3 Å². The second-order valence-corrected chi connectivity index (χ2v) is 8.72. The molecule has 3 aliphatic rings. The third kappa shape index (κ3) is 4.36. The Morgan fingerprint density at radius 1 is 1.00 bits per heavy atom. The molecule has 1 N–H and O–H groups in total. The molecule has 30 heavy (non-hydrogen) atoms. The number of hydrogen-bond donors (Lipinski definition) is 1. The third-order valence-corrected chi connectivity index (χ3v) is 6.74. The molecule has 1 aromatic rings. The van der Waals surface area contributed by atoms with Crippen LogP contribution < -0.4 is 10.2 Å². The largest absolute Gasteiger partial charge is 0.342 e. The summed E-state index contributed by atoms with van der Waals surface area (Å²) in [6.45, 7) is 5.21. The fraction of sp³-hybridized carbons (Fsp3) is 0.609. The average Bonchev–Trinajstić information content (AvgIpc) is 3.07. The van der Waals surface area contributed by atoms with Crippen LogP contribution in [-0.2, 0) is 14.4 Å². The van der Waals surface area contributed by atoms with E-state index in [9.17, 15) is 14.4 Å². The van der Waals surface area contributed by atoms with Crippen LogP contribution in [0.1, 0.15) is 45.4 Å². The first-order valence-corrected chi connectivity index (χ1v) is 11.3. The topological polar surface area (TPSA) is 73.0 Å². The van der Waals surface area contributed by atoms with Crippen molar-refractivity contribution in [2.45, 2.75) is 51.5 Å². The van der Waals surface area contributed by atoms with Crippen molar-refractivity contribution in [1.29, 1.82) is 0 Å². The van der Waals surface area contributed by atoms with Crippen molar-refractivity contribution >= 4 is 29.1 Å². The molecule has 162 valence electrons. The quantitative estimate of drug-likeness (QED) is 0.828. The lowest BCUT2D eigenvalue weighted by Gasteiger charge is -2.39. The first-order valence-electron chi connectivity index (χ1n) is 11.3. The molecule has 3 heterocycles. The van der Waals surface area contributed by atoms with Crippen molar-refractivity contribution in [2.75, 3.05) is 42.9 Å². The van der Waals surface area contributed by atoms with Crippen molar-refractivity contribution < 1.29 is 14.4 Å². The van der Waals surface area contributed by atoms with Gasteiger partial charge in [0.15, 0.2) is 0 Å².